The second-order valence-electron chi connectivity index (χ2n) is 13.2. The number of hydrogen-bond acceptors (Lipinski definition) is 13. The number of rotatable bonds is 10. The number of likely N-dealkylation sites (N-methyl/N-ethyl adjacent to an activating group) is 2. The molecule has 2 aromatic heterocycles. The van der Waals surface area contributed by atoms with Gasteiger partial charge in [0, 0.05) is 40.9 Å². The molecule has 1 spiro atoms. The number of aliphatic imine (C=N–C) groups is 1. The highest BCUT2D eigenvalue weighted by molar-refractivity contribution is 7.16. The summed E-state index contributed by atoms with van der Waals surface area (Å²) in [4.78, 5) is 45.4. The summed E-state index contributed by atoms with van der Waals surface area (Å²) in [7, 11) is 3.72. The van der Waals surface area contributed by atoms with Crippen LogP contribution < -0.4 is 21.9 Å². The molecule has 0 aromatic carbocycles. The van der Waals surface area contributed by atoms with E-state index in [1.54, 1.807) is 24.1 Å². The summed E-state index contributed by atoms with van der Waals surface area (Å²) in [5.41, 5.74) is 20.9. The van der Waals surface area contributed by atoms with Crippen molar-refractivity contribution in [2.45, 2.75) is 75.0 Å². The Morgan fingerprint density at radius 1 is 1.27 bits per heavy atom. The Bertz CT molecular complexity index is 1790. The van der Waals surface area contributed by atoms with Gasteiger partial charge in [0.15, 0.2) is 5.82 Å². The molecule has 2 fully saturated rings. The number of ether oxygens (including phenoxy) is 2. The van der Waals surface area contributed by atoms with Crippen LogP contribution in [0.15, 0.2) is 46.8 Å². The maximum atomic E-state index is 14.3. The molecule has 3 atom stereocenters. The fourth-order valence-electron chi connectivity index (χ4n) is 7.48. The van der Waals surface area contributed by atoms with Gasteiger partial charge in [-0.25, -0.2) is 9.98 Å². The molecule has 2 saturated heterocycles. The van der Waals surface area contributed by atoms with Crippen LogP contribution in [0.3, 0.4) is 0 Å². The molecule has 6 N–H and O–H groups in total. The van der Waals surface area contributed by atoms with Crippen LogP contribution in [0, 0.1) is 11.3 Å². The van der Waals surface area contributed by atoms with Crippen molar-refractivity contribution in [1.29, 1.82) is 5.26 Å². The zero-order valence-electron chi connectivity index (χ0n) is 28.0. The second-order valence-corrected chi connectivity index (χ2v) is 14.3. The molecule has 6 rings (SSSR count). The normalized spacial score (nSPS) is 23.6. The zero-order valence-corrected chi connectivity index (χ0v) is 28.8. The largest absolute Gasteiger partial charge is 0.468 e. The molecular weight excluding hydrogens is 643 g/mol. The number of carbonyl (C=O) groups is 2. The van der Waals surface area contributed by atoms with E-state index in [4.69, 9.17) is 26.7 Å². The number of nitrogens with two attached hydrogens (primary N) is 3. The first-order valence-corrected chi connectivity index (χ1v) is 17.5. The topological polar surface area (TPSA) is 199 Å². The van der Waals surface area contributed by atoms with Crippen molar-refractivity contribution in [1.82, 2.24) is 19.8 Å². The number of anilines is 1. The maximum absolute atomic E-state index is 14.3. The van der Waals surface area contributed by atoms with Gasteiger partial charge < -0.3 is 31.6 Å². The number of likely N-dealkylation sites (tertiary alicyclic amines) is 1. The predicted octanol–water partition coefficient (Wildman–Crippen LogP) is 3.28. The van der Waals surface area contributed by atoms with Crippen molar-refractivity contribution >= 4 is 40.1 Å². The number of aryl methyl sites for hydroxylation is 1. The molecule has 0 unspecified atom stereocenters. The highest BCUT2D eigenvalue weighted by atomic mass is 32.1. The van der Waals surface area contributed by atoms with Gasteiger partial charge in [0.05, 0.1) is 36.6 Å². The van der Waals surface area contributed by atoms with E-state index in [2.05, 4.69) is 32.5 Å². The lowest BCUT2D eigenvalue weighted by molar-refractivity contribution is -0.137. The number of allylic oxidation sites excluding steroid dienone is 3. The smallest absolute Gasteiger partial charge is 0.269 e. The van der Waals surface area contributed by atoms with Gasteiger partial charge in [0.1, 0.15) is 17.2 Å². The fourth-order valence-corrected chi connectivity index (χ4v) is 8.64. The van der Waals surface area contributed by atoms with Crippen LogP contribution in [-0.2, 0) is 21.4 Å². The number of carbonyl (C=O) groups excluding carboxylic acids is 2. The highest BCUT2D eigenvalue weighted by Gasteiger charge is 2.46. The molecule has 0 bridgehead atoms. The standard InChI is InChI=1S/C35H43N9O4S/c1-4-25(24-9-7-15-43(24)2)48-28-16-27(40-14-11-23(37)34(46)44(3)20-18-47-19-20)41-33(42-28)30(45)21-8-5-12-35(31(21)38)13-6-10-26-29(35)22(17-36)32(39)49-26/h4,11,14,16,20,24-25H,1,5-10,12-13,15,18-19,37-39H2,2-3H3/b23-11-,40-14+/t24-,25-,35-/m0/s1. The molecule has 13 nitrogen and oxygen atoms in total. The number of Topliss-reactive ketones (excluding diaryl/α,β-unsaturated/α-hetero) is 1. The first-order chi connectivity index (χ1) is 23.6. The monoisotopic (exact) mass is 685 g/mol. The van der Waals surface area contributed by atoms with Crippen molar-refractivity contribution < 1.29 is 19.1 Å². The molecule has 258 valence electrons. The van der Waals surface area contributed by atoms with Crippen molar-refractivity contribution in [2.75, 3.05) is 39.6 Å². The van der Waals surface area contributed by atoms with E-state index in [1.165, 1.54) is 23.6 Å². The number of nitriles is 1. The molecule has 14 heteroatoms. The van der Waals surface area contributed by atoms with Crippen molar-refractivity contribution in [3.05, 3.63) is 63.6 Å². The minimum absolute atomic E-state index is 0.000870. The molecule has 1 amide bonds. The quantitative estimate of drug-likeness (QED) is 0.144. The van der Waals surface area contributed by atoms with Gasteiger partial charge in [-0.2, -0.15) is 10.2 Å². The minimum atomic E-state index is -0.653. The lowest BCUT2D eigenvalue weighted by atomic mass is 9.62. The third-order valence-corrected chi connectivity index (χ3v) is 11.4. The van der Waals surface area contributed by atoms with E-state index in [-0.39, 0.29) is 41.2 Å². The van der Waals surface area contributed by atoms with Gasteiger partial charge in [-0.15, -0.1) is 11.3 Å². The van der Waals surface area contributed by atoms with Gasteiger partial charge >= 0.3 is 0 Å². The summed E-state index contributed by atoms with van der Waals surface area (Å²) in [5, 5.41) is 10.5. The van der Waals surface area contributed by atoms with Crippen LogP contribution in [0.1, 0.15) is 71.6 Å². The average Bonchev–Trinajstić information content (AvgIpc) is 3.65. The number of nitrogen functional groups attached to an aromatic ring is 1. The Labute approximate surface area is 290 Å². The van der Waals surface area contributed by atoms with Crippen molar-refractivity contribution in [2.24, 2.45) is 16.5 Å². The number of thiophene rings is 1. The van der Waals surface area contributed by atoms with E-state index in [9.17, 15) is 14.9 Å². The Morgan fingerprint density at radius 2 is 2.02 bits per heavy atom. The van der Waals surface area contributed by atoms with E-state index in [0.29, 0.717) is 47.9 Å². The highest BCUT2D eigenvalue weighted by Crippen LogP contribution is 2.53. The van der Waals surface area contributed by atoms with Gasteiger partial charge in [0.2, 0.25) is 17.5 Å². The molecule has 0 saturated carbocycles. The minimum Gasteiger partial charge on any atom is -0.468 e. The summed E-state index contributed by atoms with van der Waals surface area (Å²) in [6, 6.07) is 3.92. The van der Waals surface area contributed by atoms with E-state index >= 15 is 0 Å². The Hall–Kier alpha value is -4.58. The third kappa shape index (κ3) is 6.46. The van der Waals surface area contributed by atoms with Crippen molar-refractivity contribution in [3.8, 4) is 11.9 Å². The molecule has 4 heterocycles. The van der Waals surface area contributed by atoms with Crippen molar-refractivity contribution in [3.63, 3.8) is 0 Å². The summed E-state index contributed by atoms with van der Waals surface area (Å²) in [6.45, 7) is 5.87. The number of hydrogen-bond donors (Lipinski definition) is 3. The molecule has 2 aromatic rings. The SMILES string of the molecule is C=C[C@H](Oc1cc(/N=C/C=C(\N)C(=O)N(C)C2COC2)nc(C(=O)C2=C(N)[C@@]3(CCC2)CCCc2sc(N)c(C#N)c23)n1)[C@@H]1CCCN1C. The summed E-state index contributed by atoms with van der Waals surface area (Å²) in [6.07, 6.45) is 10.4. The number of ketones is 1. The van der Waals surface area contributed by atoms with Crippen LogP contribution >= 0.6 is 11.3 Å². The average molecular weight is 686 g/mol. The number of fused-ring (bicyclic) bond motifs is 2. The lowest BCUT2D eigenvalue weighted by Gasteiger charge is -2.42. The van der Waals surface area contributed by atoms with Crippen LogP contribution in [0.2, 0.25) is 0 Å². The van der Waals surface area contributed by atoms with E-state index in [1.807, 2.05) is 7.05 Å². The Balaban J connectivity index is 1.36. The Kier molecular flexibility index (Phi) is 9.87. The van der Waals surface area contributed by atoms with Crippen LogP contribution in [0.25, 0.3) is 0 Å². The number of aromatic nitrogens is 2. The third-order valence-electron chi connectivity index (χ3n) is 10.3. The van der Waals surface area contributed by atoms with Gasteiger partial charge in [0.25, 0.3) is 5.91 Å². The van der Waals surface area contributed by atoms with E-state index < -0.39 is 17.3 Å². The number of amides is 1. The van der Waals surface area contributed by atoms with Crippen LogP contribution in [0.4, 0.5) is 10.8 Å². The first-order valence-electron chi connectivity index (χ1n) is 16.7. The molecule has 2 aliphatic heterocycles. The first kappa shape index (κ1) is 34.3. The molecular formula is C35H43N9O4S. The van der Waals surface area contributed by atoms with Gasteiger partial charge in [-0.1, -0.05) is 6.58 Å². The predicted molar refractivity (Wildman–Crippen MR) is 188 cm³/mol. The molecule has 2 aliphatic carbocycles. The Morgan fingerprint density at radius 3 is 2.67 bits per heavy atom. The maximum Gasteiger partial charge on any atom is 0.269 e. The van der Waals surface area contributed by atoms with Gasteiger partial charge in [-0.3, -0.25) is 14.5 Å². The second kappa shape index (κ2) is 14.1. The zero-order chi connectivity index (χ0) is 34.9. The lowest BCUT2D eigenvalue weighted by Crippen LogP contribution is -2.50. The summed E-state index contributed by atoms with van der Waals surface area (Å²) >= 11 is 1.44. The van der Waals surface area contributed by atoms with Crippen LogP contribution in [-0.4, -0.2) is 89.7 Å². The fraction of sp³-hybridized carbons (Fsp3) is 0.486. The van der Waals surface area contributed by atoms with Crippen LogP contribution in [0.5, 0.6) is 5.88 Å². The van der Waals surface area contributed by atoms with Gasteiger partial charge in [-0.05, 0) is 82.7 Å². The summed E-state index contributed by atoms with van der Waals surface area (Å²) in [5.74, 6) is -0.565. The molecule has 4 aliphatic rings. The van der Waals surface area contributed by atoms with E-state index in [0.717, 1.165) is 55.5 Å². The molecule has 0 radical (unpaired) electrons. The summed E-state index contributed by atoms with van der Waals surface area (Å²) < 4.78 is 11.5. The number of nitrogens with zero attached hydrogens (tertiary/aromatic N) is 6. The molecule has 49 heavy (non-hydrogen) atoms.